The van der Waals surface area contributed by atoms with Gasteiger partial charge in [-0.15, -0.1) is 0 Å². The molecule has 1 amide bonds. The molecule has 1 aliphatic carbocycles. The van der Waals surface area contributed by atoms with Crippen LogP contribution in [0.2, 0.25) is 0 Å². The molecule has 116 valence electrons. The van der Waals surface area contributed by atoms with Gasteiger partial charge in [-0.3, -0.25) is 4.90 Å². The lowest BCUT2D eigenvalue weighted by Crippen LogP contribution is -2.39. The first-order valence-electron chi connectivity index (χ1n) is 7.24. The minimum Gasteiger partial charge on any atom is -0.443 e. The second-order valence-corrected chi connectivity index (χ2v) is 6.72. The van der Waals surface area contributed by atoms with Gasteiger partial charge in [-0.05, 0) is 58.2 Å². The number of halogens is 1. The molecule has 0 atom stereocenters. The molecule has 0 aromatic heterocycles. The number of anilines is 1. The van der Waals surface area contributed by atoms with Crippen molar-refractivity contribution in [2.45, 2.75) is 51.2 Å². The second kappa shape index (κ2) is 5.64. The van der Waals surface area contributed by atoms with Gasteiger partial charge in [0.1, 0.15) is 11.4 Å². The third-order valence-electron chi connectivity index (χ3n) is 3.46. The quantitative estimate of drug-likeness (QED) is 0.925. The molecule has 1 aliphatic rings. The first kappa shape index (κ1) is 15.8. The molecule has 1 saturated carbocycles. The summed E-state index contributed by atoms with van der Waals surface area (Å²) >= 11 is 0. The van der Waals surface area contributed by atoms with Crippen LogP contribution in [0.15, 0.2) is 24.3 Å². The van der Waals surface area contributed by atoms with E-state index in [1.807, 2.05) is 0 Å². The molecule has 0 unspecified atom stereocenters. The number of rotatable bonds is 4. The number of carbonyl (C=O) groups excluding carboxylic acids is 1. The normalized spacial score (nSPS) is 16.4. The fourth-order valence-corrected chi connectivity index (χ4v) is 2.03. The zero-order valence-electron chi connectivity index (χ0n) is 12.9. The average Bonchev–Trinajstić information content (AvgIpc) is 3.05. The van der Waals surface area contributed by atoms with Crippen molar-refractivity contribution in [2.24, 2.45) is 5.73 Å². The minimum atomic E-state index is -0.595. The van der Waals surface area contributed by atoms with E-state index in [-0.39, 0.29) is 11.4 Å². The zero-order valence-corrected chi connectivity index (χ0v) is 12.9. The molecular formula is C16H23FN2O2. The van der Waals surface area contributed by atoms with Gasteiger partial charge in [0.2, 0.25) is 0 Å². The summed E-state index contributed by atoms with van der Waals surface area (Å²) in [6, 6.07) is 5.96. The van der Waals surface area contributed by atoms with Crippen LogP contribution < -0.4 is 10.6 Å². The van der Waals surface area contributed by atoms with Crippen molar-refractivity contribution in [1.29, 1.82) is 0 Å². The molecule has 5 heteroatoms. The van der Waals surface area contributed by atoms with E-state index in [1.54, 1.807) is 32.9 Å². The Balaban J connectivity index is 2.14. The molecule has 0 heterocycles. The Hall–Kier alpha value is -1.62. The van der Waals surface area contributed by atoms with E-state index in [4.69, 9.17) is 10.5 Å². The smallest absolute Gasteiger partial charge is 0.414 e. The monoisotopic (exact) mass is 294 g/mol. The summed E-state index contributed by atoms with van der Waals surface area (Å²) in [6.07, 6.45) is 2.15. The predicted molar refractivity (Wildman–Crippen MR) is 80.7 cm³/mol. The van der Waals surface area contributed by atoms with Gasteiger partial charge in [0.15, 0.2) is 0 Å². The maximum absolute atomic E-state index is 13.4. The fraction of sp³-hybridized carbons (Fsp3) is 0.562. The summed E-state index contributed by atoms with van der Waals surface area (Å²) in [5.41, 5.74) is 5.80. The zero-order chi connectivity index (χ0) is 15.7. The van der Waals surface area contributed by atoms with Crippen molar-refractivity contribution < 1.29 is 13.9 Å². The van der Waals surface area contributed by atoms with Crippen molar-refractivity contribution in [1.82, 2.24) is 0 Å². The van der Waals surface area contributed by atoms with E-state index < -0.39 is 11.7 Å². The van der Waals surface area contributed by atoms with Gasteiger partial charge < -0.3 is 10.5 Å². The van der Waals surface area contributed by atoms with Crippen LogP contribution in [0.5, 0.6) is 0 Å². The van der Waals surface area contributed by atoms with Crippen molar-refractivity contribution in [3.05, 3.63) is 30.1 Å². The van der Waals surface area contributed by atoms with E-state index in [9.17, 15) is 9.18 Å². The molecule has 0 aliphatic heterocycles. The van der Waals surface area contributed by atoms with Gasteiger partial charge >= 0.3 is 6.09 Å². The molecule has 4 nitrogen and oxygen atoms in total. The van der Waals surface area contributed by atoms with E-state index in [1.165, 1.54) is 17.0 Å². The van der Waals surface area contributed by atoms with Crippen LogP contribution in [0, 0.1) is 5.82 Å². The van der Waals surface area contributed by atoms with E-state index in [2.05, 4.69) is 0 Å². The molecular weight excluding hydrogens is 271 g/mol. The Labute approximate surface area is 125 Å². The first-order chi connectivity index (χ1) is 9.69. The molecule has 2 rings (SSSR count). The Morgan fingerprint density at radius 2 is 2.10 bits per heavy atom. The highest BCUT2D eigenvalue weighted by atomic mass is 19.1. The minimum absolute atomic E-state index is 0.173. The molecule has 0 radical (unpaired) electrons. The van der Waals surface area contributed by atoms with Crippen LogP contribution in [0.3, 0.4) is 0 Å². The van der Waals surface area contributed by atoms with Crippen LogP contribution >= 0.6 is 0 Å². The van der Waals surface area contributed by atoms with Crippen LogP contribution in [0.25, 0.3) is 0 Å². The van der Waals surface area contributed by atoms with Crippen LogP contribution in [-0.2, 0) is 4.74 Å². The SMILES string of the molecule is CC(C)(C)OC(=O)N(CCC1(N)CC1)c1cccc(F)c1. The number of benzene rings is 1. The van der Waals surface area contributed by atoms with Crippen molar-refractivity contribution >= 4 is 11.8 Å². The highest BCUT2D eigenvalue weighted by Gasteiger charge is 2.38. The summed E-state index contributed by atoms with van der Waals surface area (Å²) in [4.78, 5) is 13.8. The van der Waals surface area contributed by atoms with Crippen LogP contribution in [0.1, 0.15) is 40.0 Å². The molecule has 21 heavy (non-hydrogen) atoms. The number of carbonyl (C=O) groups is 1. The lowest BCUT2D eigenvalue weighted by atomic mass is 10.1. The highest BCUT2D eigenvalue weighted by molar-refractivity contribution is 5.87. The topological polar surface area (TPSA) is 55.6 Å². The van der Waals surface area contributed by atoms with Gasteiger partial charge in [-0.1, -0.05) is 6.07 Å². The van der Waals surface area contributed by atoms with Crippen molar-refractivity contribution in [3.63, 3.8) is 0 Å². The second-order valence-electron chi connectivity index (χ2n) is 6.72. The van der Waals surface area contributed by atoms with Crippen LogP contribution in [0.4, 0.5) is 14.9 Å². The third-order valence-corrected chi connectivity index (χ3v) is 3.46. The first-order valence-corrected chi connectivity index (χ1v) is 7.24. The van der Waals surface area contributed by atoms with Crippen molar-refractivity contribution in [3.8, 4) is 0 Å². The number of ether oxygens (including phenoxy) is 1. The molecule has 0 spiro atoms. The number of hydrogen-bond acceptors (Lipinski definition) is 3. The Morgan fingerprint density at radius 3 is 2.62 bits per heavy atom. The standard InChI is InChI=1S/C16H23FN2O2/c1-15(2,3)21-14(20)19(10-9-16(18)7-8-16)13-6-4-5-12(17)11-13/h4-6,11H,7-10,18H2,1-3H3. The van der Waals surface area contributed by atoms with Gasteiger partial charge in [0.05, 0.1) is 0 Å². The van der Waals surface area contributed by atoms with E-state index in [0.717, 1.165) is 12.8 Å². The third kappa shape index (κ3) is 4.70. The fourth-order valence-electron chi connectivity index (χ4n) is 2.03. The summed E-state index contributed by atoms with van der Waals surface area (Å²) in [5.74, 6) is -0.380. The molecule has 1 aromatic carbocycles. The lowest BCUT2D eigenvalue weighted by molar-refractivity contribution is 0.0579. The highest BCUT2D eigenvalue weighted by Crippen LogP contribution is 2.36. The molecule has 2 N–H and O–H groups in total. The maximum atomic E-state index is 13.4. The predicted octanol–water partition coefficient (Wildman–Crippen LogP) is 3.45. The summed E-state index contributed by atoms with van der Waals surface area (Å²) < 4.78 is 18.8. The average molecular weight is 294 g/mol. The Kier molecular flexibility index (Phi) is 4.23. The Bertz CT molecular complexity index is 521. The number of amides is 1. The maximum Gasteiger partial charge on any atom is 0.414 e. The molecule has 0 bridgehead atoms. The van der Waals surface area contributed by atoms with Gasteiger partial charge in [0, 0.05) is 17.8 Å². The van der Waals surface area contributed by atoms with E-state index >= 15 is 0 Å². The van der Waals surface area contributed by atoms with Crippen molar-refractivity contribution in [2.75, 3.05) is 11.4 Å². The van der Waals surface area contributed by atoms with Gasteiger partial charge in [-0.2, -0.15) is 0 Å². The van der Waals surface area contributed by atoms with Crippen LogP contribution in [-0.4, -0.2) is 23.8 Å². The summed E-state index contributed by atoms with van der Waals surface area (Å²) in [5, 5.41) is 0. The summed E-state index contributed by atoms with van der Waals surface area (Å²) in [6.45, 7) is 5.84. The van der Waals surface area contributed by atoms with Gasteiger partial charge in [-0.25, -0.2) is 9.18 Å². The van der Waals surface area contributed by atoms with Gasteiger partial charge in [0.25, 0.3) is 0 Å². The molecule has 1 fully saturated rings. The largest absolute Gasteiger partial charge is 0.443 e. The molecule has 0 saturated heterocycles. The number of hydrogen-bond donors (Lipinski definition) is 1. The Morgan fingerprint density at radius 1 is 1.43 bits per heavy atom. The number of nitrogens with zero attached hydrogens (tertiary/aromatic N) is 1. The van der Waals surface area contributed by atoms with E-state index in [0.29, 0.717) is 18.7 Å². The summed E-state index contributed by atoms with van der Waals surface area (Å²) in [7, 11) is 0. The lowest BCUT2D eigenvalue weighted by Gasteiger charge is -2.28. The number of nitrogens with two attached hydrogens (primary N) is 1. The molecule has 1 aromatic rings.